The molecule has 0 radical (unpaired) electrons. The maximum atomic E-state index is 12.3. The summed E-state index contributed by atoms with van der Waals surface area (Å²) in [6.07, 6.45) is 1.99. The number of aliphatic hydroxyl groups is 1. The Kier molecular flexibility index (Phi) is 5.72. The highest BCUT2D eigenvalue weighted by molar-refractivity contribution is 5.98. The lowest BCUT2D eigenvalue weighted by Gasteiger charge is -2.07. The van der Waals surface area contributed by atoms with Crippen molar-refractivity contribution in [1.82, 2.24) is 20.1 Å². The number of hydrogen-bond donors (Lipinski definition) is 2. The van der Waals surface area contributed by atoms with E-state index in [2.05, 4.69) is 15.4 Å². The predicted octanol–water partition coefficient (Wildman–Crippen LogP) is 2.88. The van der Waals surface area contributed by atoms with Crippen molar-refractivity contribution in [1.29, 1.82) is 0 Å². The number of aromatic nitrogens is 3. The molecule has 0 fully saturated rings. The van der Waals surface area contributed by atoms with Crippen LogP contribution in [-0.4, -0.2) is 46.0 Å². The molecule has 0 bridgehead atoms. The molecule has 7 nitrogen and oxygen atoms in total. The van der Waals surface area contributed by atoms with Crippen molar-refractivity contribution in [2.45, 2.75) is 6.54 Å². The quantitative estimate of drug-likeness (QED) is 0.496. The third kappa shape index (κ3) is 4.16. The minimum atomic E-state index is -0.210. The van der Waals surface area contributed by atoms with Gasteiger partial charge in [-0.05, 0) is 35.4 Å². The van der Waals surface area contributed by atoms with Gasteiger partial charge in [0.25, 0.3) is 5.91 Å². The number of amides is 1. The van der Waals surface area contributed by atoms with Crippen LogP contribution < -0.4 is 10.1 Å². The van der Waals surface area contributed by atoms with Crippen LogP contribution in [0.15, 0.2) is 66.9 Å². The summed E-state index contributed by atoms with van der Waals surface area (Å²) in [4.78, 5) is 16.7. The van der Waals surface area contributed by atoms with Gasteiger partial charge in [-0.25, -0.2) is 4.98 Å². The SMILES string of the molecule is COc1cccc(Cn2cc3c(-c4cccc(C(=O)NCCO)c4)cccc3n2)n1. The normalized spacial score (nSPS) is 10.9. The molecule has 0 aliphatic carbocycles. The van der Waals surface area contributed by atoms with E-state index in [9.17, 15) is 4.79 Å². The van der Waals surface area contributed by atoms with Crippen LogP contribution in [0.3, 0.4) is 0 Å². The van der Waals surface area contributed by atoms with Crippen LogP contribution >= 0.6 is 0 Å². The Hall–Kier alpha value is -3.71. The van der Waals surface area contributed by atoms with Gasteiger partial charge >= 0.3 is 0 Å². The number of methoxy groups -OCH3 is 1. The summed E-state index contributed by atoms with van der Waals surface area (Å²) >= 11 is 0. The van der Waals surface area contributed by atoms with E-state index in [-0.39, 0.29) is 19.1 Å². The molecule has 2 heterocycles. The van der Waals surface area contributed by atoms with Crippen molar-refractivity contribution >= 4 is 16.8 Å². The van der Waals surface area contributed by atoms with E-state index in [0.717, 1.165) is 27.7 Å². The van der Waals surface area contributed by atoms with Crippen molar-refractivity contribution in [2.75, 3.05) is 20.3 Å². The molecule has 4 rings (SSSR count). The molecule has 4 aromatic rings. The van der Waals surface area contributed by atoms with E-state index in [1.54, 1.807) is 13.2 Å². The van der Waals surface area contributed by atoms with Crippen molar-refractivity contribution in [3.8, 4) is 17.0 Å². The van der Waals surface area contributed by atoms with Crippen LogP contribution in [0, 0.1) is 0 Å². The Morgan fingerprint density at radius 2 is 1.97 bits per heavy atom. The van der Waals surface area contributed by atoms with Crippen LogP contribution in [0.4, 0.5) is 0 Å². The first-order valence-corrected chi connectivity index (χ1v) is 9.63. The highest BCUT2D eigenvalue weighted by atomic mass is 16.5. The van der Waals surface area contributed by atoms with Crippen molar-refractivity contribution in [2.24, 2.45) is 0 Å². The smallest absolute Gasteiger partial charge is 0.251 e. The molecule has 0 unspecified atom stereocenters. The van der Waals surface area contributed by atoms with Crippen molar-refractivity contribution in [3.05, 3.63) is 78.1 Å². The molecular weight excluding hydrogens is 380 g/mol. The van der Waals surface area contributed by atoms with Gasteiger partial charge in [0.15, 0.2) is 0 Å². The Balaban J connectivity index is 1.66. The summed E-state index contributed by atoms with van der Waals surface area (Å²) in [6.45, 7) is 0.657. The number of carbonyl (C=O) groups is 1. The lowest BCUT2D eigenvalue weighted by atomic mass is 10.00. The Bertz CT molecular complexity index is 1190. The number of nitrogens with zero attached hydrogens (tertiary/aromatic N) is 3. The second-order valence-corrected chi connectivity index (χ2v) is 6.80. The summed E-state index contributed by atoms with van der Waals surface area (Å²) in [7, 11) is 1.60. The first-order chi connectivity index (χ1) is 14.7. The second kappa shape index (κ2) is 8.75. The molecule has 0 saturated heterocycles. The lowest BCUT2D eigenvalue weighted by Crippen LogP contribution is -2.26. The minimum Gasteiger partial charge on any atom is -0.481 e. The minimum absolute atomic E-state index is 0.0912. The van der Waals surface area contributed by atoms with Crippen LogP contribution in [-0.2, 0) is 6.54 Å². The third-order valence-electron chi connectivity index (χ3n) is 4.74. The molecule has 2 aromatic carbocycles. The number of pyridine rings is 1. The van der Waals surface area contributed by atoms with Crippen LogP contribution in [0.2, 0.25) is 0 Å². The maximum Gasteiger partial charge on any atom is 0.251 e. The third-order valence-corrected chi connectivity index (χ3v) is 4.74. The van der Waals surface area contributed by atoms with Gasteiger partial charge in [0, 0.05) is 29.8 Å². The first-order valence-electron chi connectivity index (χ1n) is 9.63. The number of fused-ring (bicyclic) bond motifs is 1. The number of rotatable bonds is 7. The fourth-order valence-corrected chi connectivity index (χ4v) is 3.35. The molecule has 2 aromatic heterocycles. The zero-order valence-corrected chi connectivity index (χ0v) is 16.6. The number of carbonyl (C=O) groups excluding carboxylic acids is 1. The Labute approximate surface area is 173 Å². The zero-order valence-electron chi connectivity index (χ0n) is 16.6. The topological polar surface area (TPSA) is 89.3 Å². The van der Waals surface area contributed by atoms with Crippen molar-refractivity contribution in [3.63, 3.8) is 0 Å². The number of benzene rings is 2. The Morgan fingerprint density at radius 1 is 1.13 bits per heavy atom. The number of ether oxygens (including phenoxy) is 1. The molecule has 7 heteroatoms. The van der Waals surface area contributed by atoms with Gasteiger partial charge in [-0.15, -0.1) is 0 Å². The summed E-state index contributed by atoms with van der Waals surface area (Å²) in [5.41, 5.74) is 4.19. The number of aliphatic hydroxyl groups excluding tert-OH is 1. The van der Waals surface area contributed by atoms with Gasteiger partial charge in [0.05, 0.1) is 31.5 Å². The molecule has 30 heavy (non-hydrogen) atoms. The van der Waals surface area contributed by atoms with Crippen molar-refractivity contribution < 1.29 is 14.6 Å². The molecule has 0 aliphatic rings. The van der Waals surface area contributed by atoms with E-state index in [1.807, 2.05) is 65.5 Å². The molecule has 0 atom stereocenters. The number of hydrogen-bond acceptors (Lipinski definition) is 5. The lowest BCUT2D eigenvalue weighted by molar-refractivity contribution is 0.0945. The van der Waals surface area contributed by atoms with Gasteiger partial charge in [-0.3, -0.25) is 9.48 Å². The van der Waals surface area contributed by atoms with Gasteiger partial charge < -0.3 is 15.2 Å². The van der Waals surface area contributed by atoms with E-state index in [4.69, 9.17) is 9.84 Å². The van der Waals surface area contributed by atoms with Gasteiger partial charge in [-0.1, -0.05) is 30.3 Å². The molecule has 0 aliphatic heterocycles. The molecule has 2 N–H and O–H groups in total. The van der Waals surface area contributed by atoms with Gasteiger partial charge in [-0.2, -0.15) is 5.10 Å². The molecule has 1 amide bonds. The average molecular weight is 402 g/mol. The van der Waals surface area contributed by atoms with E-state index in [0.29, 0.717) is 18.0 Å². The van der Waals surface area contributed by atoms with E-state index >= 15 is 0 Å². The average Bonchev–Trinajstić information content (AvgIpc) is 3.20. The summed E-state index contributed by atoms with van der Waals surface area (Å²) < 4.78 is 7.05. The predicted molar refractivity (Wildman–Crippen MR) is 114 cm³/mol. The first kappa shape index (κ1) is 19.6. The van der Waals surface area contributed by atoms with Crippen LogP contribution in [0.1, 0.15) is 16.1 Å². The summed E-state index contributed by atoms with van der Waals surface area (Å²) in [5, 5.41) is 17.3. The highest BCUT2D eigenvalue weighted by Crippen LogP contribution is 2.29. The molecule has 152 valence electrons. The van der Waals surface area contributed by atoms with Crippen LogP contribution in [0.25, 0.3) is 22.0 Å². The summed E-state index contributed by atoms with van der Waals surface area (Å²) in [5.74, 6) is 0.360. The standard InChI is InChI=1S/C23H22N4O3/c1-30-22-10-3-7-18(25-22)14-27-15-20-19(8-4-9-21(20)26-27)16-5-2-6-17(13-16)23(29)24-11-12-28/h2-10,13,15,28H,11-12,14H2,1H3,(H,24,29). The molecule has 0 saturated carbocycles. The van der Waals surface area contributed by atoms with Crippen LogP contribution in [0.5, 0.6) is 5.88 Å². The maximum absolute atomic E-state index is 12.3. The highest BCUT2D eigenvalue weighted by Gasteiger charge is 2.11. The molecule has 0 spiro atoms. The monoisotopic (exact) mass is 402 g/mol. The second-order valence-electron chi connectivity index (χ2n) is 6.80. The number of nitrogens with one attached hydrogen (secondary N) is 1. The zero-order chi connectivity index (χ0) is 20.9. The van der Waals surface area contributed by atoms with E-state index in [1.165, 1.54) is 0 Å². The van der Waals surface area contributed by atoms with E-state index < -0.39 is 0 Å². The summed E-state index contributed by atoms with van der Waals surface area (Å²) in [6, 6.07) is 19.0. The fraction of sp³-hybridized carbons (Fsp3) is 0.174. The Morgan fingerprint density at radius 3 is 2.80 bits per heavy atom. The van der Waals surface area contributed by atoms with Gasteiger partial charge in [0.1, 0.15) is 0 Å². The van der Waals surface area contributed by atoms with Gasteiger partial charge in [0.2, 0.25) is 5.88 Å². The fourth-order valence-electron chi connectivity index (χ4n) is 3.35. The molecular formula is C23H22N4O3. The largest absolute Gasteiger partial charge is 0.481 e.